The number of hydrogen-bond donors (Lipinski definition) is 3. The Balaban J connectivity index is 0.00000272. The molecular formula is C23H26IN5OS. The van der Waals surface area contributed by atoms with Gasteiger partial charge in [-0.2, -0.15) is 5.10 Å². The van der Waals surface area contributed by atoms with Crippen molar-refractivity contribution in [2.45, 2.75) is 19.2 Å². The predicted molar refractivity (Wildman–Crippen MR) is 138 cm³/mol. The quantitative estimate of drug-likeness (QED) is 0.185. The SMILES string of the molecule is CN=C(NCc1ccccc1Cn1cccn1)NCC(O)c1cc2ccccc2s1.I. The normalized spacial score (nSPS) is 12.4. The van der Waals surface area contributed by atoms with E-state index in [1.54, 1.807) is 24.6 Å². The summed E-state index contributed by atoms with van der Waals surface area (Å²) in [4.78, 5) is 5.23. The lowest BCUT2D eigenvalue weighted by molar-refractivity contribution is 0.184. The number of aliphatic hydroxyl groups is 1. The van der Waals surface area contributed by atoms with Gasteiger partial charge in [-0.15, -0.1) is 35.3 Å². The van der Waals surface area contributed by atoms with Crippen molar-refractivity contribution < 1.29 is 5.11 Å². The van der Waals surface area contributed by atoms with E-state index in [4.69, 9.17) is 0 Å². The van der Waals surface area contributed by atoms with Gasteiger partial charge in [-0.05, 0) is 34.7 Å². The summed E-state index contributed by atoms with van der Waals surface area (Å²) in [5.74, 6) is 0.657. The molecule has 3 N–H and O–H groups in total. The van der Waals surface area contributed by atoms with Crippen LogP contribution >= 0.6 is 35.3 Å². The number of aliphatic hydroxyl groups excluding tert-OH is 1. The highest BCUT2D eigenvalue weighted by molar-refractivity contribution is 14.0. The Bertz CT molecular complexity index is 1090. The van der Waals surface area contributed by atoms with Gasteiger partial charge in [0.05, 0.1) is 6.54 Å². The van der Waals surface area contributed by atoms with Crippen LogP contribution in [0.4, 0.5) is 0 Å². The molecule has 0 aliphatic rings. The van der Waals surface area contributed by atoms with Crippen LogP contribution in [0.3, 0.4) is 0 Å². The maximum absolute atomic E-state index is 10.6. The van der Waals surface area contributed by atoms with Crippen LogP contribution in [-0.4, -0.2) is 34.4 Å². The first-order valence-corrected chi connectivity index (χ1v) is 10.7. The molecule has 31 heavy (non-hydrogen) atoms. The number of hydrogen-bond acceptors (Lipinski definition) is 4. The van der Waals surface area contributed by atoms with Gasteiger partial charge in [-0.1, -0.05) is 42.5 Å². The molecule has 6 nitrogen and oxygen atoms in total. The Morgan fingerprint density at radius 1 is 1.10 bits per heavy atom. The topological polar surface area (TPSA) is 74.5 Å². The molecule has 0 saturated carbocycles. The van der Waals surface area contributed by atoms with E-state index in [1.807, 2.05) is 47.3 Å². The van der Waals surface area contributed by atoms with E-state index >= 15 is 0 Å². The molecular weight excluding hydrogens is 521 g/mol. The fourth-order valence-electron chi connectivity index (χ4n) is 3.31. The van der Waals surface area contributed by atoms with Crippen LogP contribution in [-0.2, 0) is 13.1 Å². The lowest BCUT2D eigenvalue weighted by Crippen LogP contribution is -2.39. The lowest BCUT2D eigenvalue weighted by atomic mass is 10.1. The maximum Gasteiger partial charge on any atom is 0.191 e. The summed E-state index contributed by atoms with van der Waals surface area (Å²) < 4.78 is 3.09. The summed E-state index contributed by atoms with van der Waals surface area (Å²) in [6.45, 7) is 1.75. The zero-order valence-corrected chi connectivity index (χ0v) is 20.4. The van der Waals surface area contributed by atoms with Gasteiger partial charge in [0.15, 0.2) is 5.96 Å². The van der Waals surface area contributed by atoms with E-state index in [2.05, 4.69) is 45.0 Å². The first kappa shape index (κ1) is 23.2. The summed E-state index contributed by atoms with van der Waals surface area (Å²) in [7, 11) is 1.73. The number of benzene rings is 2. The third-order valence-electron chi connectivity index (χ3n) is 4.92. The Morgan fingerprint density at radius 2 is 1.87 bits per heavy atom. The van der Waals surface area contributed by atoms with Crippen LogP contribution in [0, 0.1) is 0 Å². The van der Waals surface area contributed by atoms with Gasteiger partial charge < -0.3 is 15.7 Å². The van der Waals surface area contributed by atoms with Crippen molar-refractivity contribution in [1.29, 1.82) is 0 Å². The number of halogens is 1. The van der Waals surface area contributed by atoms with Crippen molar-refractivity contribution >= 4 is 51.4 Å². The minimum atomic E-state index is -0.590. The van der Waals surface area contributed by atoms with Gasteiger partial charge in [-0.3, -0.25) is 9.67 Å². The van der Waals surface area contributed by atoms with Crippen LogP contribution in [0.2, 0.25) is 0 Å². The van der Waals surface area contributed by atoms with E-state index in [-0.39, 0.29) is 24.0 Å². The molecule has 0 bridgehead atoms. The number of nitrogens with one attached hydrogen (secondary N) is 2. The Hall–Kier alpha value is -2.43. The first-order chi connectivity index (χ1) is 14.7. The molecule has 0 aliphatic heterocycles. The highest BCUT2D eigenvalue weighted by Crippen LogP contribution is 2.29. The second-order valence-electron chi connectivity index (χ2n) is 6.98. The van der Waals surface area contributed by atoms with E-state index in [0.717, 1.165) is 16.8 Å². The second kappa shape index (κ2) is 11.3. The largest absolute Gasteiger partial charge is 0.386 e. The van der Waals surface area contributed by atoms with Crippen molar-refractivity contribution in [3.05, 3.63) is 89.1 Å². The number of fused-ring (bicyclic) bond motifs is 1. The zero-order valence-electron chi connectivity index (χ0n) is 17.2. The molecule has 2 heterocycles. The van der Waals surface area contributed by atoms with Gasteiger partial charge in [0.1, 0.15) is 6.10 Å². The summed E-state index contributed by atoms with van der Waals surface area (Å²) in [5.41, 5.74) is 2.38. The molecule has 1 atom stereocenters. The second-order valence-corrected chi connectivity index (χ2v) is 8.10. The first-order valence-electron chi connectivity index (χ1n) is 9.88. The number of guanidine groups is 1. The van der Waals surface area contributed by atoms with E-state index in [0.29, 0.717) is 19.0 Å². The number of aliphatic imine (C=N–C) groups is 1. The third-order valence-corrected chi connectivity index (χ3v) is 6.13. The van der Waals surface area contributed by atoms with Gasteiger partial charge in [-0.25, -0.2) is 0 Å². The molecule has 0 saturated heterocycles. The Kier molecular flexibility index (Phi) is 8.44. The Morgan fingerprint density at radius 3 is 2.61 bits per heavy atom. The molecule has 2 aromatic carbocycles. The van der Waals surface area contributed by atoms with Crippen molar-refractivity contribution in [2.75, 3.05) is 13.6 Å². The van der Waals surface area contributed by atoms with E-state index < -0.39 is 6.10 Å². The fourth-order valence-corrected chi connectivity index (χ4v) is 4.36. The molecule has 0 amide bonds. The molecule has 162 valence electrons. The Labute approximate surface area is 203 Å². The third kappa shape index (κ3) is 6.05. The van der Waals surface area contributed by atoms with Crippen molar-refractivity contribution in [1.82, 2.24) is 20.4 Å². The maximum atomic E-state index is 10.6. The van der Waals surface area contributed by atoms with Crippen LogP contribution in [0.1, 0.15) is 22.1 Å². The van der Waals surface area contributed by atoms with Crippen LogP contribution < -0.4 is 10.6 Å². The van der Waals surface area contributed by atoms with Gasteiger partial charge in [0.2, 0.25) is 0 Å². The standard InChI is InChI=1S/C23H25N5OS.HI/c1-24-23(26-15-20(29)22-13-17-7-4-5-10-21(17)30-22)25-14-18-8-2-3-9-19(18)16-28-12-6-11-27-28;/h2-13,20,29H,14-16H2,1H3,(H2,24,25,26);1H. The molecule has 0 spiro atoms. The average molecular weight is 547 g/mol. The monoisotopic (exact) mass is 547 g/mol. The molecule has 1 unspecified atom stereocenters. The highest BCUT2D eigenvalue weighted by atomic mass is 127. The number of aromatic nitrogens is 2. The smallest absolute Gasteiger partial charge is 0.191 e. The van der Waals surface area contributed by atoms with Crippen molar-refractivity contribution in [3.63, 3.8) is 0 Å². The van der Waals surface area contributed by atoms with Crippen LogP contribution in [0.25, 0.3) is 10.1 Å². The van der Waals surface area contributed by atoms with E-state index in [9.17, 15) is 5.11 Å². The van der Waals surface area contributed by atoms with Crippen LogP contribution in [0.5, 0.6) is 0 Å². The summed E-state index contributed by atoms with van der Waals surface area (Å²) in [5, 5.41) is 22.6. The number of nitrogens with zero attached hydrogens (tertiary/aromatic N) is 3. The van der Waals surface area contributed by atoms with Crippen molar-refractivity contribution in [3.8, 4) is 0 Å². The van der Waals surface area contributed by atoms with E-state index in [1.165, 1.54) is 15.8 Å². The number of thiophene rings is 1. The average Bonchev–Trinajstić information content (AvgIpc) is 3.44. The van der Waals surface area contributed by atoms with Crippen molar-refractivity contribution in [2.24, 2.45) is 4.99 Å². The summed E-state index contributed by atoms with van der Waals surface area (Å²) in [6, 6.07) is 20.4. The van der Waals surface area contributed by atoms with Gasteiger partial charge in [0.25, 0.3) is 0 Å². The van der Waals surface area contributed by atoms with Crippen LogP contribution in [0.15, 0.2) is 78.0 Å². The molecule has 4 rings (SSSR count). The summed E-state index contributed by atoms with van der Waals surface area (Å²) in [6.07, 6.45) is 3.15. The molecule has 2 aromatic heterocycles. The minimum absolute atomic E-state index is 0. The molecule has 8 heteroatoms. The lowest BCUT2D eigenvalue weighted by Gasteiger charge is -2.16. The molecule has 0 aliphatic carbocycles. The fraction of sp³-hybridized carbons (Fsp3) is 0.217. The van der Waals surface area contributed by atoms with Gasteiger partial charge in [0, 0.05) is 42.1 Å². The molecule has 0 radical (unpaired) electrons. The molecule has 0 fully saturated rings. The number of rotatable bonds is 7. The highest BCUT2D eigenvalue weighted by Gasteiger charge is 2.12. The zero-order chi connectivity index (χ0) is 20.8. The molecule has 4 aromatic rings. The minimum Gasteiger partial charge on any atom is -0.386 e. The summed E-state index contributed by atoms with van der Waals surface area (Å²) >= 11 is 1.62. The van der Waals surface area contributed by atoms with Gasteiger partial charge >= 0.3 is 0 Å². The predicted octanol–water partition coefficient (Wildman–Crippen LogP) is 4.16.